The molecule has 0 radical (unpaired) electrons. The van der Waals surface area contributed by atoms with E-state index in [1.807, 2.05) is 4.90 Å². The summed E-state index contributed by atoms with van der Waals surface area (Å²) in [4.78, 5) is 26.2. The summed E-state index contributed by atoms with van der Waals surface area (Å²) in [6, 6.07) is 10.9. The molecule has 0 bridgehead atoms. The van der Waals surface area contributed by atoms with E-state index in [-0.39, 0.29) is 29.7 Å². The summed E-state index contributed by atoms with van der Waals surface area (Å²) in [7, 11) is -3.68. The van der Waals surface area contributed by atoms with Crippen molar-refractivity contribution < 1.29 is 27.5 Å². The van der Waals surface area contributed by atoms with Crippen LogP contribution in [0.15, 0.2) is 47.4 Å². The van der Waals surface area contributed by atoms with Crippen molar-refractivity contribution in [2.75, 3.05) is 44.7 Å². The first-order chi connectivity index (χ1) is 15.8. The second kappa shape index (κ2) is 9.50. The second-order valence-corrected chi connectivity index (χ2v) is 9.98. The number of ether oxygens (including phenoxy) is 2. The van der Waals surface area contributed by atoms with E-state index in [0.29, 0.717) is 49.1 Å². The lowest BCUT2D eigenvalue weighted by molar-refractivity contribution is -0.121. The fourth-order valence-electron chi connectivity index (χ4n) is 3.87. The van der Waals surface area contributed by atoms with Gasteiger partial charge in [-0.3, -0.25) is 14.5 Å². The van der Waals surface area contributed by atoms with Crippen LogP contribution < -0.4 is 14.8 Å². The number of fused-ring (bicyclic) bond motifs is 1. The number of hydrogen-bond donors (Lipinski definition) is 1. The molecule has 0 unspecified atom stereocenters. The molecule has 0 saturated carbocycles. The molecule has 2 aromatic carbocycles. The van der Waals surface area contributed by atoms with Gasteiger partial charge in [0, 0.05) is 43.5 Å². The molecule has 1 amide bonds. The minimum Gasteiger partial charge on any atom is -0.486 e. The van der Waals surface area contributed by atoms with E-state index in [0.717, 1.165) is 0 Å². The van der Waals surface area contributed by atoms with Crippen LogP contribution in [0.3, 0.4) is 0 Å². The van der Waals surface area contributed by atoms with Gasteiger partial charge >= 0.3 is 0 Å². The molecule has 4 rings (SSSR count). The van der Waals surface area contributed by atoms with Crippen molar-refractivity contribution in [2.45, 2.75) is 24.8 Å². The molecule has 1 saturated heterocycles. The van der Waals surface area contributed by atoms with E-state index in [1.54, 1.807) is 37.3 Å². The lowest BCUT2D eigenvalue weighted by Gasteiger charge is -2.36. The highest BCUT2D eigenvalue weighted by Crippen LogP contribution is 2.33. The molecule has 2 heterocycles. The number of rotatable bonds is 6. The summed E-state index contributed by atoms with van der Waals surface area (Å²) in [5.41, 5.74) is 1.19. The average Bonchev–Trinajstić information content (AvgIpc) is 2.83. The summed E-state index contributed by atoms with van der Waals surface area (Å²) >= 11 is 0. The Bertz CT molecular complexity index is 1140. The molecule has 176 valence electrons. The van der Waals surface area contributed by atoms with Gasteiger partial charge < -0.3 is 14.8 Å². The normalized spacial score (nSPS) is 17.9. The highest BCUT2D eigenvalue weighted by molar-refractivity contribution is 7.89. The van der Waals surface area contributed by atoms with E-state index in [4.69, 9.17) is 9.47 Å². The van der Waals surface area contributed by atoms with Gasteiger partial charge in [0.1, 0.15) is 13.2 Å². The Morgan fingerprint density at radius 2 is 1.58 bits per heavy atom. The molecule has 1 atom stereocenters. The molecule has 33 heavy (non-hydrogen) atoms. The van der Waals surface area contributed by atoms with Gasteiger partial charge in [0.15, 0.2) is 17.3 Å². The molecule has 2 aliphatic rings. The SMILES string of the molecule is CC(=O)c1ccc(NC(=O)[C@H](C)N2CCN(S(=O)(=O)c3ccc4c(c3)OCCO4)CC2)cc1. The monoisotopic (exact) mass is 473 g/mol. The van der Waals surface area contributed by atoms with Crippen molar-refractivity contribution in [3.05, 3.63) is 48.0 Å². The zero-order valence-electron chi connectivity index (χ0n) is 18.6. The van der Waals surface area contributed by atoms with E-state index in [9.17, 15) is 18.0 Å². The molecule has 0 spiro atoms. The minimum absolute atomic E-state index is 0.0367. The molecular weight excluding hydrogens is 446 g/mol. The van der Waals surface area contributed by atoms with Crippen molar-refractivity contribution in [1.29, 1.82) is 0 Å². The first kappa shape index (κ1) is 23.2. The number of carbonyl (C=O) groups is 2. The van der Waals surface area contributed by atoms with E-state index in [2.05, 4.69) is 5.32 Å². The average molecular weight is 474 g/mol. The van der Waals surface area contributed by atoms with Crippen LogP contribution in [0.5, 0.6) is 11.5 Å². The first-order valence-electron chi connectivity index (χ1n) is 10.8. The Morgan fingerprint density at radius 1 is 0.939 bits per heavy atom. The van der Waals surface area contributed by atoms with Crippen molar-refractivity contribution in [3.63, 3.8) is 0 Å². The minimum atomic E-state index is -3.68. The van der Waals surface area contributed by atoms with Crippen LogP contribution in [0, 0.1) is 0 Å². The molecule has 9 nitrogen and oxygen atoms in total. The molecule has 1 N–H and O–H groups in total. The summed E-state index contributed by atoms with van der Waals surface area (Å²) in [6.07, 6.45) is 0. The Kier molecular flexibility index (Phi) is 6.68. The number of sulfonamides is 1. The maximum Gasteiger partial charge on any atom is 0.243 e. The largest absolute Gasteiger partial charge is 0.486 e. The Morgan fingerprint density at radius 3 is 2.21 bits per heavy atom. The van der Waals surface area contributed by atoms with Gasteiger partial charge in [0.2, 0.25) is 15.9 Å². The number of hydrogen-bond acceptors (Lipinski definition) is 7. The highest BCUT2D eigenvalue weighted by atomic mass is 32.2. The third kappa shape index (κ3) is 5.02. The molecule has 2 aliphatic heterocycles. The second-order valence-electron chi connectivity index (χ2n) is 8.04. The van der Waals surface area contributed by atoms with Crippen LogP contribution in [-0.4, -0.2) is 74.7 Å². The van der Waals surface area contributed by atoms with Gasteiger partial charge in [0.25, 0.3) is 0 Å². The van der Waals surface area contributed by atoms with Crippen molar-refractivity contribution in [2.24, 2.45) is 0 Å². The molecule has 1 fully saturated rings. The van der Waals surface area contributed by atoms with Crippen molar-refractivity contribution >= 4 is 27.4 Å². The number of ketones is 1. The van der Waals surface area contributed by atoms with Gasteiger partial charge in [-0.1, -0.05) is 0 Å². The van der Waals surface area contributed by atoms with Crippen molar-refractivity contribution in [3.8, 4) is 11.5 Å². The molecule has 0 aliphatic carbocycles. The van der Waals surface area contributed by atoms with Gasteiger partial charge in [-0.25, -0.2) is 8.42 Å². The Labute approximate surface area is 193 Å². The number of nitrogens with one attached hydrogen (secondary N) is 1. The number of amides is 1. The summed E-state index contributed by atoms with van der Waals surface area (Å²) in [6.45, 7) is 5.53. The molecule has 0 aromatic heterocycles. The zero-order chi connectivity index (χ0) is 23.6. The summed E-state index contributed by atoms with van der Waals surface area (Å²) in [5.74, 6) is 0.752. The maximum absolute atomic E-state index is 13.1. The van der Waals surface area contributed by atoms with Gasteiger partial charge in [0.05, 0.1) is 10.9 Å². The van der Waals surface area contributed by atoms with E-state index >= 15 is 0 Å². The van der Waals surface area contributed by atoms with Crippen LogP contribution in [0.4, 0.5) is 5.69 Å². The van der Waals surface area contributed by atoms with Gasteiger partial charge in [-0.2, -0.15) is 4.31 Å². The van der Waals surface area contributed by atoms with Crippen molar-refractivity contribution in [1.82, 2.24) is 9.21 Å². The number of piperazine rings is 1. The molecule has 10 heteroatoms. The fourth-order valence-corrected chi connectivity index (χ4v) is 5.30. The number of Topliss-reactive ketones (excluding diaryl/α,β-unsaturated/α-hetero) is 1. The topological polar surface area (TPSA) is 105 Å². The van der Waals surface area contributed by atoms with Crippen LogP contribution in [0.1, 0.15) is 24.2 Å². The van der Waals surface area contributed by atoms with Crippen LogP contribution in [-0.2, 0) is 14.8 Å². The number of anilines is 1. The van der Waals surface area contributed by atoms with Crippen LogP contribution >= 0.6 is 0 Å². The smallest absolute Gasteiger partial charge is 0.243 e. The number of benzene rings is 2. The molecule has 2 aromatic rings. The third-order valence-corrected chi connectivity index (χ3v) is 7.81. The molecular formula is C23H27N3O6S. The Balaban J connectivity index is 1.35. The number of carbonyl (C=O) groups excluding carboxylic acids is 2. The number of nitrogens with zero attached hydrogens (tertiary/aromatic N) is 2. The van der Waals surface area contributed by atoms with Gasteiger partial charge in [-0.05, 0) is 50.2 Å². The maximum atomic E-state index is 13.1. The predicted molar refractivity (Wildman–Crippen MR) is 122 cm³/mol. The van der Waals surface area contributed by atoms with Crippen LogP contribution in [0.25, 0.3) is 0 Å². The first-order valence-corrected chi connectivity index (χ1v) is 12.3. The highest BCUT2D eigenvalue weighted by Gasteiger charge is 2.32. The van der Waals surface area contributed by atoms with E-state index < -0.39 is 16.1 Å². The van der Waals surface area contributed by atoms with Crippen LogP contribution in [0.2, 0.25) is 0 Å². The van der Waals surface area contributed by atoms with Gasteiger partial charge in [-0.15, -0.1) is 0 Å². The van der Waals surface area contributed by atoms with E-state index in [1.165, 1.54) is 23.4 Å². The zero-order valence-corrected chi connectivity index (χ0v) is 19.4. The fraction of sp³-hybridized carbons (Fsp3) is 0.391. The summed E-state index contributed by atoms with van der Waals surface area (Å²) < 4.78 is 38.6. The Hall–Kier alpha value is -2.95. The predicted octanol–water partition coefficient (Wildman–Crippen LogP) is 1.99. The lowest BCUT2D eigenvalue weighted by atomic mass is 10.1. The summed E-state index contributed by atoms with van der Waals surface area (Å²) in [5, 5.41) is 2.85. The lowest BCUT2D eigenvalue weighted by Crippen LogP contribution is -2.53. The quantitative estimate of drug-likeness (QED) is 0.640. The third-order valence-electron chi connectivity index (χ3n) is 5.91. The standard InChI is InChI=1S/C23H27N3O6S/c1-16(23(28)24-19-5-3-18(4-6-19)17(2)27)25-9-11-26(12-10-25)33(29,30)20-7-8-21-22(15-20)32-14-13-31-21/h3-8,15-16H,9-14H2,1-2H3,(H,24,28)/t16-/m0/s1.